The first-order valence-corrected chi connectivity index (χ1v) is 5.86. The molecule has 1 aliphatic rings. The molecule has 1 saturated heterocycles. The molecule has 0 bridgehead atoms. The van der Waals surface area contributed by atoms with Crippen molar-refractivity contribution in [2.45, 2.75) is 51.1 Å². The van der Waals surface area contributed by atoms with E-state index in [1.54, 1.807) is 4.90 Å². The second kappa shape index (κ2) is 5.84. The number of primary amides is 1. The number of nitrogens with zero attached hydrogens (tertiary/aromatic N) is 1. The van der Waals surface area contributed by atoms with E-state index in [9.17, 15) is 9.59 Å². The maximum absolute atomic E-state index is 12.0. The number of likely N-dealkylation sites (tertiary alicyclic amines) is 1. The minimum Gasteiger partial charge on any atom is -0.370 e. The molecule has 16 heavy (non-hydrogen) atoms. The Kier molecular flexibility index (Phi) is 4.73. The van der Waals surface area contributed by atoms with Gasteiger partial charge < -0.3 is 16.4 Å². The molecule has 0 aromatic heterocycles. The Bertz CT molecular complexity index is 268. The Morgan fingerprint density at radius 3 is 2.69 bits per heavy atom. The van der Waals surface area contributed by atoms with Gasteiger partial charge in [0, 0.05) is 12.6 Å². The molecule has 1 heterocycles. The minimum absolute atomic E-state index is 0.0674. The van der Waals surface area contributed by atoms with Crippen LogP contribution in [0.4, 0.5) is 0 Å². The molecular formula is C11H21N3O2. The zero-order chi connectivity index (χ0) is 12.1. The van der Waals surface area contributed by atoms with Gasteiger partial charge >= 0.3 is 0 Å². The molecule has 4 N–H and O–H groups in total. The summed E-state index contributed by atoms with van der Waals surface area (Å²) >= 11 is 0. The second-order valence-corrected chi connectivity index (χ2v) is 4.51. The van der Waals surface area contributed by atoms with Crippen LogP contribution in [-0.4, -0.2) is 35.3 Å². The number of nitrogens with two attached hydrogens (primary N) is 2. The van der Waals surface area contributed by atoms with Gasteiger partial charge in [0.1, 0.15) is 0 Å². The molecule has 92 valence electrons. The quantitative estimate of drug-likeness (QED) is 0.710. The molecule has 0 aliphatic carbocycles. The second-order valence-electron chi connectivity index (χ2n) is 4.51. The summed E-state index contributed by atoms with van der Waals surface area (Å²) in [6, 6.07) is -0.563. The van der Waals surface area contributed by atoms with Crippen molar-refractivity contribution in [3.8, 4) is 0 Å². The number of hydrogen-bond donors (Lipinski definition) is 2. The largest absolute Gasteiger partial charge is 0.370 e. The normalized spacial score (nSPS) is 23.6. The van der Waals surface area contributed by atoms with Crippen molar-refractivity contribution in [2.24, 2.45) is 11.5 Å². The Morgan fingerprint density at radius 1 is 1.38 bits per heavy atom. The van der Waals surface area contributed by atoms with Crippen LogP contribution < -0.4 is 11.5 Å². The van der Waals surface area contributed by atoms with Crippen LogP contribution in [0.3, 0.4) is 0 Å². The predicted molar refractivity (Wildman–Crippen MR) is 61.4 cm³/mol. The zero-order valence-electron chi connectivity index (χ0n) is 9.82. The molecule has 1 rings (SSSR count). The summed E-state index contributed by atoms with van der Waals surface area (Å²) in [5, 5.41) is 0. The van der Waals surface area contributed by atoms with Crippen molar-refractivity contribution in [1.29, 1.82) is 0 Å². The van der Waals surface area contributed by atoms with Gasteiger partial charge in [-0.15, -0.1) is 0 Å². The van der Waals surface area contributed by atoms with Crippen LogP contribution in [0.15, 0.2) is 0 Å². The van der Waals surface area contributed by atoms with Crippen molar-refractivity contribution in [3.05, 3.63) is 0 Å². The first-order valence-electron chi connectivity index (χ1n) is 5.86. The van der Waals surface area contributed by atoms with E-state index in [4.69, 9.17) is 11.5 Å². The van der Waals surface area contributed by atoms with Crippen molar-refractivity contribution in [3.63, 3.8) is 0 Å². The summed E-state index contributed by atoms with van der Waals surface area (Å²) in [6.07, 6.45) is 4.26. The number of hydrogen-bond acceptors (Lipinski definition) is 3. The molecule has 1 aliphatic heterocycles. The van der Waals surface area contributed by atoms with Crippen LogP contribution in [0.25, 0.3) is 0 Å². The highest BCUT2D eigenvalue weighted by Crippen LogP contribution is 2.17. The Balaban J connectivity index is 2.59. The van der Waals surface area contributed by atoms with Crippen LogP contribution in [-0.2, 0) is 9.59 Å². The van der Waals surface area contributed by atoms with E-state index in [1.807, 2.05) is 6.92 Å². The fraction of sp³-hybridized carbons (Fsp3) is 0.818. The average Bonchev–Trinajstić information content (AvgIpc) is 2.40. The molecule has 2 amide bonds. The fourth-order valence-electron chi connectivity index (χ4n) is 2.12. The predicted octanol–water partition coefficient (Wildman–Crippen LogP) is -0.0198. The first kappa shape index (κ1) is 13.0. The van der Waals surface area contributed by atoms with Gasteiger partial charge in [-0.2, -0.15) is 0 Å². The smallest absolute Gasteiger partial charge is 0.240 e. The number of amides is 2. The van der Waals surface area contributed by atoms with Gasteiger partial charge in [-0.3, -0.25) is 9.59 Å². The van der Waals surface area contributed by atoms with Crippen LogP contribution >= 0.6 is 0 Å². The lowest BCUT2D eigenvalue weighted by Crippen LogP contribution is -2.48. The van der Waals surface area contributed by atoms with E-state index in [-0.39, 0.29) is 18.4 Å². The van der Waals surface area contributed by atoms with Crippen molar-refractivity contribution in [1.82, 2.24) is 4.90 Å². The lowest BCUT2D eigenvalue weighted by molar-refractivity contribution is -0.136. The van der Waals surface area contributed by atoms with Gasteiger partial charge in [-0.25, -0.2) is 0 Å². The maximum Gasteiger partial charge on any atom is 0.240 e. The molecule has 0 saturated carbocycles. The van der Waals surface area contributed by atoms with E-state index in [0.29, 0.717) is 0 Å². The summed E-state index contributed by atoms with van der Waals surface area (Å²) in [7, 11) is 0. The zero-order valence-corrected chi connectivity index (χ0v) is 9.82. The number of rotatable bonds is 3. The van der Waals surface area contributed by atoms with Crippen LogP contribution in [0.1, 0.15) is 39.0 Å². The number of carbonyl (C=O) groups is 2. The highest BCUT2D eigenvalue weighted by molar-refractivity contribution is 5.87. The molecular weight excluding hydrogens is 206 g/mol. The summed E-state index contributed by atoms with van der Waals surface area (Å²) < 4.78 is 0. The molecule has 0 spiro atoms. The molecule has 0 aromatic rings. The fourth-order valence-corrected chi connectivity index (χ4v) is 2.12. The van der Waals surface area contributed by atoms with Crippen molar-refractivity contribution < 1.29 is 9.59 Å². The minimum atomic E-state index is -0.780. The van der Waals surface area contributed by atoms with E-state index < -0.39 is 11.9 Å². The third-order valence-electron chi connectivity index (χ3n) is 3.07. The Labute approximate surface area is 96.1 Å². The van der Waals surface area contributed by atoms with E-state index in [1.165, 1.54) is 0 Å². The number of carbonyl (C=O) groups excluding carboxylic acids is 2. The standard InChI is InChI=1S/C11H21N3O2/c1-8-5-3-2-4-6-14(8)11(16)9(12)7-10(13)15/h8-9H,2-7,12H2,1H3,(H2,13,15). The summed E-state index contributed by atoms with van der Waals surface area (Å²) in [5.74, 6) is -0.670. The van der Waals surface area contributed by atoms with E-state index in [2.05, 4.69) is 0 Å². The van der Waals surface area contributed by atoms with E-state index in [0.717, 1.165) is 32.2 Å². The van der Waals surface area contributed by atoms with Gasteiger partial charge in [-0.1, -0.05) is 12.8 Å². The Hall–Kier alpha value is -1.10. The molecule has 5 nitrogen and oxygen atoms in total. The monoisotopic (exact) mass is 227 g/mol. The summed E-state index contributed by atoms with van der Waals surface area (Å²) in [4.78, 5) is 24.5. The first-order chi connectivity index (χ1) is 7.52. The third-order valence-corrected chi connectivity index (χ3v) is 3.07. The van der Waals surface area contributed by atoms with Crippen LogP contribution in [0.2, 0.25) is 0 Å². The SMILES string of the molecule is CC1CCCCCN1C(=O)C(N)CC(N)=O. The summed E-state index contributed by atoms with van der Waals surface area (Å²) in [6.45, 7) is 2.77. The van der Waals surface area contributed by atoms with Crippen molar-refractivity contribution in [2.75, 3.05) is 6.54 Å². The molecule has 2 atom stereocenters. The Morgan fingerprint density at radius 2 is 2.06 bits per heavy atom. The highest BCUT2D eigenvalue weighted by atomic mass is 16.2. The van der Waals surface area contributed by atoms with E-state index >= 15 is 0 Å². The molecule has 1 fully saturated rings. The van der Waals surface area contributed by atoms with Gasteiger partial charge in [0.05, 0.1) is 12.5 Å². The third kappa shape index (κ3) is 3.48. The van der Waals surface area contributed by atoms with Gasteiger partial charge in [0.25, 0.3) is 0 Å². The van der Waals surface area contributed by atoms with Gasteiger partial charge in [0.15, 0.2) is 0 Å². The van der Waals surface area contributed by atoms with Crippen LogP contribution in [0, 0.1) is 0 Å². The van der Waals surface area contributed by atoms with Gasteiger partial charge in [-0.05, 0) is 19.8 Å². The highest BCUT2D eigenvalue weighted by Gasteiger charge is 2.26. The van der Waals surface area contributed by atoms with Gasteiger partial charge in [0.2, 0.25) is 11.8 Å². The van der Waals surface area contributed by atoms with Crippen LogP contribution in [0.5, 0.6) is 0 Å². The van der Waals surface area contributed by atoms with Crippen molar-refractivity contribution >= 4 is 11.8 Å². The molecule has 5 heteroatoms. The lowest BCUT2D eigenvalue weighted by Gasteiger charge is -2.29. The summed E-state index contributed by atoms with van der Waals surface area (Å²) in [5.41, 5.74) is 10.7. The molecule has 2 unspecified atom stereocenters. The average molecular weight is 227 g/mol. The topological polar surface area (TPSA) is 89.4 Å². The molecule has 0 radical (unpaired) electrons. The lowest BCUT2D eigenvalue weighted by atomic mass is 10.1. The molecule has 0 aromatic carbocycles. The maximum atomic E-state index is 12.0.